The molecule has 16 heavy (non-hydrogen) atoms. The van der Waals surface area contributed by atoms with Gasteiger partial charge in [0.15, 0.2) is 5.78 Å². The van der Waals surface area contributed by atoms with Gasteiger partial charge in [-0.2, -0.15) is 0 Å². The van der Waals surface area contributed by atoms with Crippen LogP contribution in [-0.2, 0) is 9.53 Å². The monoisotopic (exact) mass is 222 g/mol. The van der Waals surface area contributed by atoms with Crippen LogP contribution in [0.5, 0.6) is 0 Å². The molecule has 1 saturated carbocycles. The standard InChI is InChI=1S/C11H14N2O3/c1-16-11(15)5-4-10(14)9-6-12-7-13(9)8-2-3-8/h6-8H,2-5H2,1H3. The summed E-state index contributed by atoms with van der Waals surface area (Å²) in [5.41, 5.74) is 0.603. The molecule has 0 saturated heterocycles. The van der Waals surface area contributed by atoms with E-state index >= 15 is 0 Å². The molecule has 0 N–H and O–H groups in total. The topological polar surface area (TPSA) is 61.2 Å². The van der Waals surface area contributed by atoms with Crippen LogP contribution >= 0.6 is 0 Å². The van der Waals surface area contributed by atoms with Crippen LogP contribution in [0.2, 0.25) is 0 Å². The van der Waals surface area contributed by atoms with Crippen LogP contribution in [0.3, 0.4) is 0 Å². The van der Waals surface area contributed by atoms with Crippen molar-refractivity contribution in [2.75, 3.05) is 7.11 Å². The molecule has 1 heterocycles. The van der Waals surface area contributed by atoms with Gasteiger partial charge in [0.05, 0.1) is 26.1 Å². The van der Waals surface area contributed by atoms with Crippen LogP contribution in [0.25, 0.3) is 0 Å². The highest BCUT2D eigenvalue weighted by molar-refractivity contribution is 5.96. The molecule has 0 unspecified atom stereocenters. The maximum absolute atomic E-state index is 11.8. The number of carbonyl (C=O) groups is 2. The molecule has 1 aromatic heterocycles. The zero-order chi connectivity index (χ0) is 11.5. The highest BCUT2D eigenvalue weighted by Gasteiger charge is 2.27. The third-order valence-electron chi connectivity index (χ3n) is 2.68. The van der Waals surface area contributed by atoms with E-state index in [9.17, 15) is 9.59 Å². The molecule has 1 aliphatic carbocycles. The lowest BCUT2D eigenvalue weighted by Crippen LogP contribution is -2.10. The minimum Gasteiger partial charge on any atom is -0.469 e. The Bertz CT molecular complexity index is 407. The molecule has 0 atom stereocenters. The van der Waals surface area contributed by atoms with E-state index in [1.165, 1.54) is 7.11 Å². The first kappa shape index (κ1) is 10.9. The van der Waals surface area contributed by atoms with Gasteiger partial charge in [-0.15, -0.1) is 0 Å². The second-order valence-electron chi connectivity index (χ2n) is 3.92. The molecule has 0 spiro atoms. The summed E-state index contributed by atoms with van der Waals surface area (Å²) in [7, 11) is 1.32. The average Bonchev–Trinajstić information content (AvgIpc) is 3.03. The number of esters is 1. The van der Waals surface area contributed by atoms with E-state index in [2.05, 4.69) is 9.72 Å². The van der Waals surface area contributed by atoms with E-state index in [0.29, 0.717) is 11.7 Å². The summed E-state index contributed by atoms with van der Waals surface area (Å²) < 4.78 is 6.40. The molecular weight excluding hydrogens is 208 g/mol. The highest BCUT2D eigenvalue weighted by Crippen LogP contribution is 2.35. The zero-order valence-corrected chi connectivity index (χ0v) is 9.18. The van der Waals surface area contributed by atoms with E-state index in [4.69, 9.17) is 0 Å². The Labute approximate surface area is 93.4 Å². The van der Waals surface area contributed by atoms with Crippen molar-refractivity contribution in [1.82, 2.24) is 9.55 Å². The van der Waals surface area contributed by atoms with Gasteiger partial charge in [0.25, 0.3) is 0 Å². The number of ether oxygens (including phenoxy) is 1. The first-order valence-corrected chi connectivity index (χ1v) is 5.34. The van der Waals surface area contributed by atoms with E-state index < -0.39 is 0 Å². The summed E-state index contributed by atoms with van der Waals surface area (Å²) in [5, 5.41) is 0. The number of aromatic nitrogens is 2. The van der Waals surface area contributed by atoms with Crippen molar-refractivity contribution in [1.29, 1.82) is 0 Å². The smallest absolute Gasteiger partial charge is 0.305 e. The maximum Gasteiger partial charge on any atom is 0.305 e. The number of hydrogen-bond donors (Lipinski definition) is 0. The van der Waals surface area contributed by atoms with Gasteiger partial charge in [-0.1, -0.05) is 0 Å². The summed E-state index contributed by atoms with van der Waals surface area (Å²) in [6.45, 7) is 0. The van der Waals surface area contributed by atoms with E-state index in [-0.39, 0.29) is 24.6 Å². The maximum atomic E-state index is 11.8. The zero-order valence-electron chi connectivity index (χ0n) is 9.18. The predicted molar refractivity (Wildman–Crippen MR) is 56.1 cm³/mol. The number of Topliss-reactive ketones (excluding diaryl/α,β-unsaturated/α-hetero) is 1. The summed E-state index contributed by atoms with van der Waals surface area (Å²) in [6, 6.07) is 0.430. The summed E-state index contributed by atoms with van der Waals surface area (Å²) >= 11 is 0. The largest absolute Gasteiger partial charge is 0.469 e. The third kappa shape index (κ3) is 2.29. The van der Waals surface area contributed by atoms with Gasteiger partial charge in [-0.3, -0.25) is 9.59 Å². The summed E-state index contributed by atoms with van der Waals surface area (Å²) in [6.07, 6.45) is 5.78. The summed E-state index contributed by atoms with van der Waals surface area (Å²) in [4.78, 5) is 26.7. The van der Waals surface area contributed by atoms with E-state index in [1.807, 2.05) is 4.57 Å². The van der Waals surface area contributed by atoms with Gasteiger partial charge >= 0.3 is 5.97 Å². The van der Waals surface area contributed by atoms with Crippen LogP contribution < -0.4 is 0 Å². The fourth-order valence-corrected chi connectivity index (χ4v) is 1.61. The molecule has 1 aliphatic rings. The van der Waals surface area contributed by atoms with Crippen molar-refractivity contribution < 1.29 is 14.3 Å². The fraction of sp³-hybridized carbons (Fsp3) is 0.545. The minimum absolute atomic E-state index is 0.0465. The lowest BCUT2D eigenvalue weighted by molar-refractivity contribution is -0.140. The molecule has 86 valence electrons. The van der Waals surface area contributed by atoms with Crippen LogP contribution in [0.4, 0.5) is 0 Å². The van der Waals surface area contributed by atoms with Gasteiger partial charge in [0, 0.05) is 12.5 Å². The van der Waals surface area contributed by atoms with E-state index in [1.54, 1.807) is 12.5 Å². The first-order valence-electron chi connectivity index (χ1n) is 5.34. The third-order valence-corrected chi connectivity index (χ3v) is 2.68. The predicted octanol–water partition coefficient (Wildman–Crippen LogP) is 1.35. The molecule has 2 rings (SSSR count). The molecule has 5 heteroatoms. The fourth-order valence-electron chi connectivity index (χ4n) is 1.61. The van der Waals surface area contributed by atoms with Crippen molar-refractivity contribution >= 4 is 11.8 Å². The number of imidazole rings is 1. The van der Waals surface area contributed by atoms with Gasteiger partial charge in [0.2, 0.25) is 0 Å². The van der Waals surface area contributed by atoms with E-state index in [0.717, 1.165) is 12.8 Å². The Hall–Kier alpha value is -1.65. The molecule has 0 aliphatic heterocycles. The van der Waals surface area contributed by atoms with Crippen molar-refractivity contribution in [3.63, 3.8) is 0 Å². The van der Waals surface area contributed by atoms with Gasteiger partial charge in [-0.25, -0.2) is 4.98 Å². The van der Waals surface area contributed by atoms with Crippen molar-refractivity contribution in [2.24, 2.45) is 0 Å². The minimum atomic E-state index is -0.356. The molecule has 5 nitrogen and oxygen atoms in total. The Balaban J connectivity index is 1.97. The van der Waals surface area contributed by atoms with Gasteiger partial charge in [-0.05, 0) is 12.8 Å². The summed E-state index contributed by atoms with van der Waals surface area (Å²) in [5.74, 6) is -0.402. The molecule has 1 aromatic rings. The normalized spacial score (nSPS) is 14.8. The Morgan fingerprint density at radius 2 is 2.25 bits per heavy atom. The van der Waals surface area contributed by atoms with Crippen LogP contribution in [-0.4, -0.2) is 28.4 Å². The Morgan fingerprint density at radius 1 is 1.50 bits per heavy atom. The molecule has 0 bridgehead atoms. The van der Waals surface area contributed by atoms with Gasteiger partial charge in [0.1, 0.15) is 5.69 Å². The number of methoxy groups -OCH3 is 1. The molecule has 0 radical (unpaired) electrons. The second kappa shape index (κ2) is 4.47. The van der Waals surface area contributed by atoms with Crippen molar-refractivity contribution in [3.8, 4) is 0 Å². The average molecular weight is 222 g/mol. The molecule has 0 amide bonds. The van der Waals surface area contributed by atoms with Crippen molar-refractivity contribution in [3.05, 3.63) is 18.2 Å². The van der Waals surface area contributed by atoms with Crippen LogP contribution in [0.15, 0.2) is 12.5 Å². The SMILES string of the molecule is COC(=O)CCC(=O)c1cncn1C1CC1. The number of carbonyl (C=O) groups excluding carboxylic acids is 2. The quantitative estimate of drug-likeness (QED) is 0.557. The lowest BCUT2D eigenvalue weighted by Gasteiger charge is -2.04. The number of nitrogens with zero attached hydrogens (tertiary/aromatic N) is 2. The van der Waals surface area contributed by atoms with Crippen LogP contribution in [0.1, 0.15) is 42.2 Å². The highest BCUT2D eigenvalue weighted by atomic mass is 16.5. The second-order valence-corrected chi connectivity index (χ2v) is 3.92. The number of hydrogen-bond acceptors (Lipinski definition) is 4. The molecule has 1 fully saturated rings. The first-order chi connectivity index (χ1) is 7.72. The molecule has 0 aromatic carbocycles. The number of ketones is 1. The Kier molecular flexibility index (Phi) is 3.03. The van der Waals surface area contributed by atoms with Crippen molar-refractivity contribution in [2.45, 2.75) is 31.7 Å². The van der Waals surface area contributed by atoms with Gasteiger partial charge < -0.3 is 9.30 Å². The molecular formula is C11H14N2O3. The Morgan fingerprint density at radius 3 is 2.88 bits per heavy atom. The lowest BCUT2D eigenvalue weighted by atomic mass is 10.2. The number of rotatable bonds is 5. The van der Waals surface area contributed by atoms with Crippen LogP contribution in [0, 0.1) is 0 Å².